The first-order chi connectivity index (χ1) is 5.70. The molecule has 1 fully saturated rings. The van der Waals surface area contributed by atoms with Crippen molar-refractivity contribution in [1.82, 2.24) is 10.6 Å². The van der Waals surface area contributed by atoms with Crippen LogP contribution in [0.2, 0.25) is 0 Å². The Bertz CT molecular complexity index is 157. The van der Waals surface area contributed by atoms with Crippen molar-refractivity contribution in [3.05, 3.63) is 0 Å². The van der Waals surface area contributed by atoms with Gasteiger partial charge < -0.3 is 10.6 Å². The molecule has 2 N–H and O–H groups in total. The minimum absolute atomic E-state index is 0.260. The maximum atomic E-state index is 11.6. The minimum Gasteiger partial charge on any atom is -0.349 e. The lowest BCUT2D eigenvalue weighted by atomic mass is 10.2. The van der Waals surface area contributed by atoms with Crippen LogP contribution in [0.1, 0.15) is 12.8 Å². The molecule has 1 rings (SSSR count). The second-order valence-electron chi connectivity index (χ2n) is 2.79. The number of hydrogen-bond acceptors (Lipinski definition) is 2. The number of carbonyl (C=O) groups is 1. The number of halogens is 2. The lowest BCUT2D eigenvalue weighted by Crippen LogP contribution is -2.42. The van der Waals surface area contributed by atoms with Crippen LogP contribution in [0, 0.1) is 0 Å². The molecular weight excluding hydrogens is 166 g/mol. The summed E-state index contributed by atoms with van der Waals surface area (Å²) in [7, 11) is 0. The predicted octanol–water partition coefficient (Wildman–Crippen LogP) is 0.120. The molecule has 0 radical (unpaired) electrons. The number of hydrogen-bond donors (Lipinski definition) is 2. The van der Waals surface area contributed by atoms with E-state index in [0.29, 0.717) is 0 Å². The summed E-state index contributed by atoms with van der Waals surface area (Å²) in [6, 6.07) is -0.260. The van der Waals surface area contributed by atoms with Gasteiger partial charge in [-0.3, -0.25) is 4.79 Å². The predicted molar refractivity (Wildman–Crippen MR) is 40.0 cm³/mol. The average Bonchev–Trinajstić information content (AvgIpc) is 2.51. The molecule has 1 saturated heterocycles. The Hall–Kier alpha value is -0.710. The van der Waals surface area contributed by atoms with Crippen LogP contribution in [-0.2, 0) is 4.79 Å². The van der Waals surface area contributed by atoms with E-state index in [1.807, 2.05) is 0 Å². The van der Waals surface area contributed by atoms with E-state index < -0.39 is 13.0 Å². The van der Waals surface area contributed by atoms with Crippen LogP contribution in [0.25, 0.3) is 0 Å². The van der Waals surface area contributed by atoms with Crippen LogP contribution in [0.3, 0.4) is 0 Å². The molecule has 0 unspecified atom stereocenters. The van der Waals surface area contributed by atoms with Gasteiger partial charge in [-0.15, -0.1) is 0 Å². The Kier molecular flexibility index (Phi) is 3.40. The van der Waals surface area contributed by atoms with Crippen molar-refractivity contribution >= 4 is 5.91 Å². The molecule has 1 heterocycles. The molecule has 0 aromatic heterocycles. The minimum atomic E-state index is -2.46. The summed E-state index contributed by atoms with van der Waals surface area (Å²) in [6.07, 6.45) is -0.780. The summed E-state index contributed by atoms with van der Waals surface area (Å²) in [5.41, 5.74) is 0. The average molecular weight is 178 g/mol. The zero-order valence-electron chi connectivity index (χ0n) is 6.65. The first-order valence-electron chi connectivity index (χ1n) is 3.99. The smallest absolute Gasteiger partial charge is 0.255 e. The van der Waals surface area contributed by atoms with E-state index in [1.165, 1.54) is 0 Å². The molecule has 5 heteroatoms. The van der Waals surface area contributed by atoms with Crippen molar-refractivity contribution in [1.29, 1.82) is 0 Å². The zero-order valence-corrected chi connectivity index (χ0v) is 6.65. The Labute approximate surface area is 69.5 Å². The zero-order chi connectivity index (χ0) is 8.97. The molecule has 0 saturated carbocycles. The van der Waals surface area contributed by atoms with Gasteiger partial charge in [0, 0.05) is 0 Å². The van der Waals surface area contributed by atoms with Crippen molar-refractivity contribution in [2.45, 2.75) is 25.3 Å². The second-order valence-corrected chi connectivity index (χ2v) is 2.79. The third-order valence-corrected chi connectivity index (χ3v) is 1.81. The van der Waals surface area contributed by atoms with Gasteiger partial charge in [0.1, 0.15) is 0 Å². The summed E-state index contributed by atoms with van der Waals surface area (Å²) in [4.78, 5) is 11.0. The van der Waals surface area contributed by atoms with Crippen LogP contribution in [0.4, 0.5) is 8.78 Å². The molecule has 1 atom stereocenters. The number of amides is 1. The maximum Gasteiger partial charge on any atom is 0.255 e. The fraction of sp³-hybridized carbons (Fsp3) is 0.857. The lowest BCUT2D eigenvalue weighted by molar-refractivity contribution is -0.123. The molecule has 12 heavy (non-hydrogen) atoms. The van der Waals surface area contributed by atoms with E-state index in [2.05, 4.69) is 10.6 Å². The lowest BCUT2D eigenvalue weighted by Gasteiger charge is -2.09. The fourth-order valence-electron chi connectivity index (χ4n) is 1.21. The van der Waals surface area contributed by atoms with E-state index in [1.54, 1.807) is 0 Å². The van der Waals surface area contributed by atoms with E-state index in [4.69, 9.17) is 0 Å². The standard InChI is InChI=1S/C7H12F2N2O/c8-6(9)4-11-7(12)5-2-1-3-10-5/h5-6,10H,1-4H2,(H,11,12)/t5-/m0/s1. The molecule has 3 nitrogen and oxygen atoms in total. The number of nitrogens with one attached hydrogen (secondary N) is 2. The first-order valence-corrected chi connectivity index (χ1v) is 3.99. The van der Waals surface area contributed by atoms with E-state index in [9.17, 15) is 13.6 Å². The van der Waals surface area contributed by atoms with Gasteiger partial charge in [-0.05, 0) is 19.4 Å². The third-order valence-electron chi connectivity index (χ3n) is 1.81. The fourth-order valence-corrected chi connectivity index (χ4v) is 1.21. The van der Waals surface area contributed by atoms with E-state index >= 15 is 0 Å². The van der Waals surface area contributed by atoms with Gasteiger partial charge in [-0.1, -0.05) is 0 Å². The summed E-state index contributed by atoms with van der Waals surface area (Å²) >= 11 is 0. The molecule has 0 bridgehead atoms. The molecule has 0 aliphatic carbocycles. The third kappa shape index (κ3) is 2.73. The monoisotopic (exact) mass is 178 g/mol. The van der Waals surface area contributed by atoms with Crippen LogP contribution in [0.5, 0.6) is 0 Å². The molecule has 0 aromatic carbocycles. The van der Waals surface area contributed by atoms with Gasteiger partial charge in [0.2, 0.25) is 5.91 Å². The van der Waals surface area contributed by atoms with Gasteiger partial charge in [0.15, 0.2) is 0 Å². The van der Waals surface area contributed by atoms with Crippen LogP contribution in [0.15, 0.2) is 0 Å². The highest BCUT2D eigenvalue weighted by Crippen LogP contribution is 2.04. The SMILES string of the molecule is O=C(NCC(F)F)[C@@H]1CCCN1. The van der Waals surface area contributed by atoms with Crippen molar-refractivity contribution in [3.8, 4) is 0 Å². The summed E-state index contributed by atoms with van der Waals surface area (Å²) in [5, 5.41) is 5.10. The van der Waals surface area contributed by atoms with Gasteiger partial charge in [-0.25, -0.2) is 8.78 Å². The molecule has 1 aliphatic rings. The van der Waals surface area contributed by atoms with Crippen LogP contribution >= 0.6 is 0 Å². The maximum absolute atomic E-state index is 11.6. The van der Waals surface area contributed by atoms with Crippen molar-refractivity contribution in [2.24, 2.45) is 0 Å². The summed E-state index contributed by atoms with van der Waals surface area (Å²) < 4.78 is 23.3. The quantitative estimate of drug-likeness (QED) is 0.644. The first kappa shape index (κ1) is 9.38. The van der Waals surface area contributed by atoms with Crippen molar-refractivity contribution in [3.63, 3.8) is 0 Å². The number of carbonyl (C=O) groups excluding carboxylic acids is 1. The highest BCUT2D eigenvalue weighted by molar-refractivity contribution is 5.81. The topological polar surface area (TPSA) is 41.1 Å². The normalized spacial score (nSPS) is 23.1. The van der Waals surface area contributed by atoms with E-state index in [0.717, 1.165) is 19.4 Å². The largest absolute Gasteiger partial charge is 0.349 e. The Morgan fingerprint density at radius 3 is 2.92 bits per heavy atom. The Balaban J connectivity index is 2.18. The molecule has 0 aromatic rings. The van der Waals surface area contributed by atoms with Crippen LogP contribution < -0.4 is 10.6 Å². The van der Waals surface area contributed by atoms with Crippen molar-refractivity contribution < 1.29 is 13.6 Å². The second kappa shape index (κ2) is 4.35. The number of alkyl halides is 2. The summed E-state index contributed by atoms with van der Waals surface area (Å²) in [5.74, 6) is -0.312. The molecule has 0 spiro atoms. The molecule has 70 valence electrons. The van der Waals surface area contributed by atoms with Crippen LogP contribution in [-0.4, -0.2) is 31.5 Å². The summed E-state index contributed by atoms with van der Waals surface area (Å²) in [6.45, 7) is 0.254. The molecular formula is C7H12F2N2O. The van der Waals surface area contributed by atoms with Gasteiger partial charge >= 0.3 is 0 Å². The Morgan fingerprint density at radius 2 is 2.42 bits per heavy atom. The van der Waals surface area contributed by atoms with Gasteiger partial charge in [-0.2, -0.15) is 0 Å². The molecule has 1 aliphatic heterocycles. The van der Waals surface area contributed by atoms with Gasteiger partial charge in [0.05, 0.1) is 12.6 Å². The Morgan fingerprint density at radius 1 is 1.67 bits per heavy atom. The molecule has 1 amide bonds. The highest BCUT2D eigenvalue weighted by Gasteiger charge is 2.21. The number of rotatable bonds is 3. The highest BCUT2D eigenvalue weighted by atomic mass is 19.3. The van der Waals surface area contributed by atoms with Crippen molar-refractivity contribution in [2.75, 3.05) is 13.1 Å². The van der Waals surface area contributed by atoms with E-state index in [-0.39, 0.29) is 11.9 Å². The van der Waals surface area contributed by atoms with Gasteiger partial charge in [0.25, 0.3) is 6.43 Å².